The lowest BCUT2D eigenvalue weighted by Crippen LogP contribution is -2.29. The van der Waals surface area contributed by atoms with E-state index in [-0.39, 0.29) is 18.4 Å². The average Bonchev–Trinajstić information content (AvgIpc) is 3.12. The Kier molecular flexibility index (Phi) is 2.28. The predicted molar refractivity (Wildman–Crippen MR) is 73.7 cm³/mol. The Balaban J connectivity index is 1.73. The van der Waals surface area contributed by atoms with Gasteiger partial charge in [-0.25, -0.2) is 4.98 Å². The van der Waals surface area contributed by atoms with Crippen LogP contribution in [0.4, 0.5) is 0 Å². The molecule has 20 heavy (non-hydrogen) atoms. The molecule has 0 bridgehead atoms. The minimum absolute atomic E-state index is 0.192. The van der Waals surface area contributed by atoms with E-state index in [0.717, 1.165) is 4.83 Å². The largest absolute Gasteiger partial charge is 0.293 e. The van der Waals surface area contributed by atoms with Gasteiger partial charge in [0.15, 0.2) is 0 Å². The Morgan fingerprint density at radius 1 is 1.10 bits per heavy atom. The van der Waals surface area contributed by atoms with Crippen LogP contribution in [0.15, 0.2) is 42.0 Å². The summed E-state index contributed by atoms with van der Waals surface area (Å²) in [7, 11) is 0. The number of aromatic nitrogens is 2. The number of imidazole rings is 1. The maximum absolute atomic E-state index is 12.3. The molecule has 98 valence electrons. The molecule has 0 saturated heterocycles. The zero-order chi connectivity index (χ0) is 13.7. The molecule has 0 fully saturated rings. The molecular formula is C14H9N3O2S. The van der Waals surface area contributed by atoms with Crippen molar-refractivity contribution in [2.24, 2.45) is 0 Å². The number of benzene rings is 1. The van der Waals surface area contributed by atoms with Gasteiger partial charge in [-0.15, -0.1) is 11.3 Å². The van der Waals surface area contributed by atoms with Crippen LogP contribution in [0.2, 0.25) is 0 Å². The van der Waals surface area contributed by atoms with Crippen molar-refractivity contribution in [2.75, 3.05) is 0 Å². The third-order valence-electron chi connectivity index (χ3n) is 3.42. The molecule has 3 heterocycles. The number of amides is 2. The third kappa shape index (κ3) is 1.45. The summed E-state index contributed by atoms with van der Waals surface area (Å²) in [4.78, 5) is 31.1. The summed E-state index contributed by atoms with van der Waals surface area (Å²) < 4.78 is 1.90. The highest BCUT2D eigenvalue weighted by Crippen LogP contribution is 2.24. The summed E-state index contributed by atoms with van der Waals surface area (Å²) in [6, 6.07) is 6.89. The molecule has 6 heteroatoms. The highest BCUT2D eigenvalue weighted by atomic mass is 32.1. The lowest BCUT2D eigenvalue weighted by atomic mass is 10.1. The van der Waals surface area contributed by atoms with E-state index in [1.807, 2.05) is 16.0 Å². The summed E-state index contributed by atoms with van der Waals surface area (Å²) in [6.45, 7) is 0.192. The van der Waals surface area contributed by atoms with Crippen LogP contribution >= 0.6 is 11.3 Å². The molecular weight excluding hydrogens is 274 g/mol. The maximum atomic E-state index is 12.3. The minimum atomic E-state index is -0.252. The number of fused-ring (bicyclic) bond motifs is 2. The van der Waals surface area contributed by atoms with E-state index in [2.05, 4.69) is 4.98 Å². The molecule has 5 nitrogen and oxygen atoms in total. The van der Waals surface area contributed by atoms with Crippen LogP contribution in [-0.4, -0.2) is 26.1 Å². The lowest BCUT2D eigenvalue weighted by Gasteiger charge is -2.12. The zero-order valence-electron chi connectivity index (χ0n) is 10.3. The van der Waals surface area contributed by atoms with Crippen molar-refractivity contribution in [1.29, 1.82) is 0 Å². The van der Waals surface area contributed by atoms with E-state index in [0.29, 0.717) is 17.0 Å². The van der Waals surface area contributed by atoms with Gasteiger partial charge in [0.2, 0.25) is 0 Å². The van der Waals surface area contributed by atoms with Crippen LogP contribution in [0, 0.1) is 0 Å². The van der Waals surface area contributed by atoms with E-state index >= 15 is 0 Å². The number of hydrogen-bond donors (Lipinski definition) is 0. The Hall–Kier alpha value is -2.47. The number of nitrogens with zero attached hydrogens (tertiary/aromatic N) is 3. The van der Waals surface area contributed by atoms with Crippen molar-refractivity contribution < 1.29 is 9.59 Å². The van der Waals surface area contributed by atoms with Crippen molar-refractivity contribution in [3.05, 3.63) is 59.0 Å². The summed E-state index contributed by atoms with van der Waals surface area (Å²) >= 11 is 1.57. The van der Waals surface area contributed by atoms with E-state index in [9.17, 15) is 9.59 Å². The fourth-order valence-corrected chi connectivity index (χ4v) is 3.15. The van der Waals surface area contributed by atoms with Gasteiger partial charge in [0.1, 0.15) is 10.7 Å². The van der Waals surface area contributed by atoms with E-state index in [4.69, 9.17) is 0 Å². The summed E-state index contributed by atoms with van der Waals surface area (Å²) in [5, 5.41) is 1.95. The SMILES string of the molecule is O=C1c2ccccc2C(=O)N1Cc1ncc2sccn12. The smallest absolute Gasteiger partial charge is 0.261 e. The first-order valence-electron chi connectivity index (χ1n) is 6.10. The summed E-state index contributed by atoms with van der Waals surface area (Å²) in [6.07, 6.45) is 3.64. The number of rotatable bonds is 2. The van der Waals surface area contributed by atoms with Gasteiger partial charge in [0.05, 0.1) is 23.9 Å². The summed E-state index contributed by atoms with van der Waals surface area (Å²) in [5.41, 5.74) is 0.936. The van der Waals surface area contributed by atoms with Gasteiger partial charge in [-0.05, 0) is 12.1 Å². The van der Waals surface area contributed by atoms with Crippen LogP contribution in [0.1, 0.15) is 26.5 Å². The highest BCUT2D eigenvalue weighted by molar-refractivity contribution is 7.15. The normalized spacial score (nSPS) is 14.3. The van der Waals surface area contributed by atoms with Gasteiger partial charge in [-0.3, -0.25) is 18.9 Å². The standard InChI is InChI=1S/C14H9N3O2S/c18-13-9-3-1-2-4-10(9)14(19)17(13)8-11-15-7-12-16(11)5-6-20-12/h1-7H,8H2. The molecule has 0 N–H and O–H groups in total. The molecule has 0 radical (unpaired) electrons. The van der Waals surface area contributed by atoms with E-state index < -0.39 is 0 Å². The average molecular weight is 283 g/mol. The molecule has 1 aliphatic heterocycles. The Morgan fingerprint density at radius 2 is 1.80 bits per heavy atom. The molecule has 0 aliphatic carbocycles. The van der Waals surface area contributed by atoms with Gasteiger partial charge >= 0.3 is 0 Å². The number of carbonyl (C=O) groups excluding carboxylic acids is 2. The van der Waals surface area contributed by atoms with Crippen molar-refractivity contribution >= 4 is 28.0 Å². The molecule has 0 atom stereocenters. The Bertz CT molecular complexity index is 814. The second kappa shape index (κ2) is 4.01. The van der Waals surface area contributed by atoms with Crippen molar-refractivity contribution in [2.45, 2.75) is 6.54 Å². The van der Waals surface area contributed by atoms with Gasteiger partial charge in [-0.2, -0.15) is 0 Å². The Labute approximate surface area is 118 Å². The van der Waals surface area contributed by atoms with Crippen LogP contribution in [0.3, 0.4) is 0 Å². The molecule has 0 spiro atoms. The molecule has 0 unspecified atom stereocenters. The molecule has 3 aromatic rings. The molecule has 0 saturated carbocycles. The van der Waals surface area contributed by atoms with E-state index in [1.54, 1.807) is 41.8 Å². The Morgan fingerprint density at radius 3 is 2.50 bits per heavy atom. The number of carbonyl (C=O) groups is 2. The van der Waals surface area contributed by atoms with Crippen LogP contribution in [0.25, 0.3) is 4.83 Å². The number of hydrogen-bond acceptors (Lipinski definition) is 4. The van der Waals surface area contributed by atoms with Crippen molar-refractivity contribution in [3.63, 3.8) is 0 Å². The monoisotopic (exact) mass is 283 g/mol. The first kappa shape index (κ1) is 11.4. The second-order valence-electron chi connectivity index (χ2n) is 4.53. The van der Waals surface area contributed by atoms with Gasteiger partial charge in [0, 0.05) is 11.6 Å². The summed E-state index contributed by atoms with van der Waals surface area (Å²) in [5.74, 6) is 0.186. The fourth-order valence-electron chi connectivity index (χ4n) is 2.43. The highest BCUT2D eigenvalue weighted by Gasteiger charge is 2.35. The molecule has 2 amide bonds. The minimum Gasteiger partial charge on any atom is -0.293 e. The zero-order valence-corrected chi connectivity index (χ0v) is 11.1. The molecule has 1 aliphatic rings. The van der Waals surface area contributed by atoms with Crippen molar-refractivity contribution in [1.82, 2.24) is 14.3 Å². The maximum Gasteiger partial charge on any atom is 0.261 e. The number of imide groups is 1. The quantitative estimate of drug-likeness (QED) is 0.677. The van der Waals surface area contributed by atoms with Gasteiger partial charge < -0.3 is 0 Å². The van der Waals surface area contributed by atoms with Crippen LogP contribution in [-0.2, 0) is 6.54 Å². The van der Waals surface area contributed by atoms with Gasteiger partial charge in [0.25, 0.3) is 11.8 Å². The fraction of sp³-hybridized carbons (Fsp3) is 0.0714. The number of thiazole rings is 1. The van der Waals surface area contributed by atoms with E-state index in [1.165, 1.54) is 4.90 Å². The van der Waals surface area contributed by atoms with Crippen LogP contribution < -0.4 is 0 Å². The predicted octanol–water partition coefficient (Wildman–Crippen LogP) is 2.19. The van der Waals surface area contributed by atoms with Crippen molar-refractivity contribution in [3.8, 4) is 0 Å². The topological polar surface area (TPSA) is 54.7 Å². The first-order valence-corrected chi connectivity index (χ1v) is 6.98. The molecule has 2 aromatic heterocycles. The molecule has 1 aromatic carbocycles. The lowest BCUT2D eigenvalue weighted by molar-refractivity contribution is 0.0638. The van der Waals surface area contributed by atoms with Crippen LogP contribution in [0.5, 0.6) is 0 Å². The van der Waals surface area contributed by atoms with Gasteiger partial charge in [-0.1, -0.05) is 12.1 Å². The first-order chi connectivity index (χ1) is 9.75. The second-order valence-corrected chi connectivity index (χ2v) is 5.45. The molecule has 4 rings (SSSR count). The third-order valence-corrected chi connectivity index (χ3v) is 4.22.